The number of methoxy groups -OCH3 is 1. The maximum Gasteiger partial charge on any atom is 0.335 e. The monoisotopic (exact) mass is 206 g/mol. The van der Waals surface area contributed by atoms with Crippen molar-refractivity contribution in [1.82, 2.24) is 0 Å². The molecular weight excluding hydrogens is 192 g/mol. The van der Waals surface area contributed by atoms with E-state index in [1.54, 1.807) is 0 Å². The highest BCUT2D eigenvalue weighted by Gasteiger charge is 2.51. The number of carboxylic acids is 1. The van der Waals surface area contributed by atoms with Gasteiger partial charge in [0.2, 0.25) is 0 Å². The lowest BCUT2D eigenvalue weighted by atomic mass is 9.68. The first kappa shape index (κ1) is 10.2. The van der Waals surface area contributed by atoms with Gasteiger partial charge in [0.1, 0.15) is 0 Å². The number of rotatable bonds is 3. The van der Waals surface area contributed by atoms with Crippen LogP contribution in [0.1, 0.15) is 24.3 Å². The molecule has 0 atom stereocenters. The highest BCUT2D eigenvalue weighted by molar-refractivity contribution is 5.79. The number of hydrogen-bond donors (Lipinski definition) is 1. The van der Waals surface area contributed by atoms with Gasteiger partial charge in [0.15, 0.2) is 5.60 Å². The molecule has 2 rings (SSSR count). The second-order valence-electron chi connectivity index (χ2n) is 4.02. The molecule has 0 bridgehead atoms. The Morgan fingerprint density at radius 3 is 2.47 bits per heavy atom. The van der Waals surface area contributed by atoms with Crippen molar-refractivity contribution in [2.24, 2.45) is 0 Å². The van der Waals surface area contributed by atoms with E-state index in [1.807, 2.05) is 30.3 Å². The standard InChI is InChI=1S/C12H14O3/c1-15-12(11(13)14)7-10(8-12)9-5-3-2-4-6-9/h2-6,10H,7-8H2,1H3,(H,13,14). The van der Waals surface area contributed by atoms with Gasteiger partial charge in [-0.1, -0.05) is 30.3 Å². The van der Waals surface area contributed by atoms with Gasteiger partial charge >= 0.3 is 5.97 Å². The largest absolute Gasteiger partial charge is 0.479 e. The third-order valence-electron chi connectivity index (χ3n) is 3.20. The zero-order valence-corrected chi connectivity index (χ0v) is 8.64. The summed E-state index contributed by atoms with van der Waals surface area (Å²) < 4.78 is 5.09. The lowest BCUT2D eigenvalue weighted by Gasteiger charge is -2.43. The minimum absolute atomic E-state index is 0.322. The van der Waals surface area contributed by atoms with Crippen LogP contribution in [0.5, 0.6) is 0 Å². The molecule has 0 heterocycles. The quantitative estimate of drug-likeness (QED) is 0.823. The molecule has 0 spiro atoms. The number of benzene rings is 1. The van der Waals surface area contributed by atoms with Crippen molar-refractivity contribution >= 4 is 5.97 Å². The average Bonchev–Trinajstić information content (AvgIpc) is 2.18. The zero-order chi connectivity index (χ0) is 10.9. The molecule has 80 valence electrons. The van der Waals surface area contributed by atoms with Crippen molar-refractivity contribution in [2.75, 3.05) is 7.11 Å². The summed E-state index contributed by atoms with van der Waals surface area (Å²) >= 11 is 0. The number of aliphatic carboxylic acids is 1. The fourth-order valence-electron chi connectivity index (χ4n) is 2.13. The number of carboxylic acid groups (broad SMARTS) is 1. The first-order valence-electron chi connectivity index (χ1n) is 5.01. The Bertz CT molecular complexity index is 352. The summed E-state index contributed by atoms with van der Waals surface area (Å²) in [6, 6.07) is 9.98. The van der Waals surface area contributed by atoms with Gasteiger partial charge in [-0.3, -0.25) is 0 Å². The van der Waals surface area contributed by atoms with E-state index >= 15 is 0 Å². The van der Waals surface area contributed by atoms with Crippen LogP contribution in [-0.2, 0) is 9.53 Å². The lowest BCUT2D eigenvalue weighted by molar-refractivity contribution is -0.175. The maximum absolute atomic E-state index is 11.0. The molecule has 1 fully saturated rings. The fourth-order valence-corrected chi connectivity index (χ4v) is 2.13. The molecule has 3 heteroatoms. The second-order valence-corrected chi connectivity index (χ2v) is 4.02. The summed E-state index contributed by atoms with van der Waals surface area (Å²) in [5, 5.41) is 9.02. The molecule has 1 N–H and O–H groups in total. The number of ether oxygens (including phenoxy) is 1. The molecule has 0 amide bonds. The number of carbonyl (C=O) groups is 1. The predicted molar refractivity (Wildman–Crippen MR) is 55.8 cm³/mol. The van der Waals surface area contributed by atoms with Gasteiger partial charge in [0.25, 0.3) is 0 Å². The Hall–Kier alpha value is -1.35. The minimum Gasteiger partial charge on any atom is -0.479 e. The summed E-state index contributed by atoms with van der Waals surface area (Å²) in [5.74, 6) is -0.528. The first-order valence-corrected chi connectivity index (χ1v) is 5.01. The molecule has 0 saturated heterocycles. The van der Waals surface area contributed by atoms with E-state index in [0.717, 1.165) is 0 Å². The highest BCUT2D eigenvalue weighted by Crippen LogP contribution is 2.46. The third-order valence-corrected chi connectivity index (χ3v) is 3.20. The summed E-state index contributed by atoms with van der Waals surface area (Å²) in [6.45, 7) is 0. The van der Waals surface area contributed by atoms with Crippen LogP contribution in [0.3, 0.4) is 0 Å². The molecule has 0 unspecified atom stereocenters. The molecule has 1 aliphatic rings. The van der Waals surface area contributed by atoms with E-state index in [0.29, 0.717) is 18.8 Å². The molecule has 0 radical (unpaired) electrons. The van der Waals surface area contributed by atoms with Gasteiger partial charge in [-0.15, -0.1) is 0 Å². The Kier molecular flexibility index (Phi) is 2.49. The molecule has 3 nitrogen and oxygen atoms in total. The SMILES string of the molecule is COC1(C(=O)O)CC(c2ccccc2)C1. The molecule has 1 aromatic rings. The highest BCUT2D eigenvalue weighted by atomic mass is 16.5. The van der Waals surface area contributed by atoms with E-state index in [-0.39, 0.29) is 0 Å². The molecule has 1 saturated carbocycles. The first-order chi connectivity index (χ1) is 7.18. The van der Waals surface area contributed by atoms with Crippen molar-refractivity contribution in [3.05, 3.63) is 35.9 Å². The van der Waals surface area contributed by atoms with E-state index in [9.17, 15) is 4.79 Å². The molecule has 15 heavy (non-hydrogen) atoms. The van der Waals surface area contributed by atoms with Crippen LogP contribution in [-0.4, -0.2) is 23.8 Å². The van der Waals surface area contributed by atoms with Crippen LogP contribution in [0, 0.1) is 0 Å². The number of hydrogen-bond acceptors (Lipinski definition) is 2. The van der Waals surface area contributed by atoms with Crippen LogP contribution in [0.4, 0.5) is 0 Å². The van der Waals surface area contributed by atoms with Crippen LogP contribution in [0.2, 0.25) is 0 Å². The van der Waals surface area contributed by atoms with Crippen LogP contribution < -0.4 is 0 Å². The van der Waals surface area contributed by atoms with Crippen LogP contribution >= 0.6 is 0 Å². The van der Waals surface area contributed by atoms with Gasteiger partial charge in [-0.2, -0.15) is 0 Å². The van der Waals surface area contributed by atoms with Crippen LogP contribution in [0.15, 0.2) is 30.3 Å². The lowest BCUT2D eigenvalue weighted by Crippen LogP contribution is -2.51. The van der Waals surface area contributed by atoms with E-state index in [4.69, 9.17) is 9.84 Å². The third kappa shape index (κ3) is 1.63. The van der Waals surface area contributed by atoms with Gasteiger partial charge in [0.05, 0.1) is 0 Å². The van der Waals surface area contributed by atoms with Crippen molar-refractivity contribution in [3.8, 4) is 0 Å². The summed E-state index contributed by atoms with van der Waals surface area (Å²) in [5.41, 5.74) is 0.256. The summed E-state index contributed by atoms with van der Waals surface area (Å²) in [6.07, 6.45) is 1.14. The van der Waals surface area contributed by atoms with Crippen molar-refractivity contribution in [3.63, 3.8) is 0 Å². The Balaban J connectivity index is 2.07. The fraction of sp³-hybridized carbons (Fsp3) is 0.417. The smallest absolute Gasteiger partial charge is 0.335 e. The van der Waals surface area contributed by atoms with Crippen molar-refractivity contribution in [2.45, 2.75) is 24.4 Å². The Morgan fingerprint density at radius 1 is 1.40 bits per heavy atom. The van der Waals surface area contributed by atoms with Gasteiger partial charge in [0, 0.05) is 7.11 Å². The molecule has 1 aliphatic carbocycles. The van der Waals surface area contributed by atoms with Crippen molar-refractivity contribution in [1.29, 1.82) is 0 Å². The molecule has 0 aliphatic heterocycles. The Morgan fingerprint density at radius 2 is 2.00 bits per heavy atom. The molecule has 0 aromatic heterocycles. The van der Waals surface area contributed by atoms with E-state index in [1.165, 1.54) is 12.7 Å². The zero-order valence-electron chi connectivity index (χ0n) is 8.64. The van der Waals surface area contributed by atoms with E-state index in [2.05, 4.69) is 0 Å². The van der Waals surface area contributed by atoms with Crippen LogP contribution in [0.25, 0.3) is 0 Å². The normalized spacial score (nSPS) is 29.5. The van der Waals surface area contributed by atoms with E-state index < -0.39 is 11.6 Å². The topological polar surface area (TPSA) is 46.5 Å². The van der Waals surface area contributed by atoms with Gasteiger partial charge < -0.3 is 9.84 Å². The molecule has 1 aromatic carbocycles. The Labute approximate surface area is 88.7 Å². The average molecular weight is 206 g/mol. The van der Waals surface area contributed by atoms with Gasteiger partial charge in [-0.25, -0.2) is 4.79 Å². The predicted octanol–water partition coefficient (Wildman–Crippen LogP) is 2.03. The maximum atomic E-state index is 11.0. The summed E-state index contributed by atoms with van der Waals surface area (Å²) in [4.78, 5) is 11.0. The van der Waals surface area contributed by atoms with Gasteiger partial charge in [-0.05, 0) is 24.3 Å². The molecular formula is C12H14O3. The minimum atomic E-state index is -0.944. The summed E-state index contributed by atoms with van der Waals surface area (Å²) in [7, 11) is 1.47. The second kappa shape index (κ2) is 3.66. The van der Waals surface area contributed by atoms with Crippen molar-refractivity contribution < 1.29 is 14.6 Å².